The SMILES string of the molecule is Cc1ccc(C)c(OCCC(=O)N2CSCC2C(=O)O)c1. The van der Waals surface area contributed by atoms with Crippen LogP contribution in [0.15, 0.2) is 18.2 Å². The Morgan fingerprint density at radius 1 is 1.43 bits per heavy atom. The average Bonchev–Trinajstić information content (AvgIpc) is 2.92. The summed E-state index contributed by atoms with van der Waals surface area (Å²) in [6.07, 6.45) is 0.192. The Morgan fingerprint density at radius 2 is 2.19 bits per heavy atom. The van der Waals surface area contributed by atoms with Gasteiger partial charge in [-0.05, 0) is 31.0 Å². The highest BCUT2D eigenvalue weighted by molar-refractivity contribution is 7.99. The summed E-state index contributed by atoms with van der Waals surface area (Å²) in [5.41, 5.74) is 2.12. The first kappa shape index (κ1) is 15.7. The fourth-order valence-electron chi connectivity index (χ4n) is 2.15. The van der Waals surface area contributed by atoms with Crippen molar-refractivity contribution in [2.75, 3.05) is 18.2 Å². The molecule has 1 aromatic carbocycles. The highest BCUT2D eigenvalue weighted by Crippen LogP contribution is 2.22. The number of benzene rings is 1. The van der Waals surface area contributed by atoms with Crippen LogP contribution in [0.25, 0.3) is 0 Å². The first-order chi connectivity index (χ1) is 9.99. The van der Waals surface area contributed by atoms with Crippen molar-refractivity contribution < 1.29 is 19.4 Å². The number of carbonyl (C=O) groups excluding carboxylic acids is 1. The first-order valence-corrected chi connectivity index (χ1v) is 7.94. The average molecular weight is 309 g/mol. The van der Waals surface area contributed by atoms with E-state index in [0.29, 0.717) is 11.6 Å². The molecule has 1 saturated heterocycles. The number of thioether (sulfide) groups is 1. The maximum atomic E-state index is 12.1. The summed E-state index contributed by atoms with van der Waals surface area (Å²) >= 11 is 1.46. The van der Waals surface area contributed by atoms with Crippen molar-refractivity contribution in [3.05, 3.63) is 29.3 Å². The van der Waals surface area contributed by atoms with Crippen molar-refractivity contribution in [1.82, 2.24) is 4.90 Å². The van der Waals surface area contributed by atoms with Crippen LogP contribution in [0.3, 0.4) is 0 Å². The van der Waals surface area contributed by atoms with Crippen LogP contribution in [0.1, 0.15) is 17.5 Å². The van der Waals surface area contributed by atoms with Crippen molar-refractivity contribution >= 4 is 23.6 Å². The Hall–Kier alpha value is -1.69. The molecule has 6 heteroatoms. The van der Waals surface area contributed by atoms with E-state index in [1.807, 2.05) is 32.0 Å². The summed E-state index contributed by atoms with van der Waals surface area (Å²) < 4.78 is 5.64. The number of nitrogens with zero attached hydrogens (tertiary/aromatic N) is 1. The van der Waals surface area contributed by atoms with Gasteiger partial charge in [-0.25, -0.2) is 4.79 Å². The molecule has 0 aromatic heterocycles. The number of hydrogen-bond donors (Lipinski definition) is 1. The van der Waals surface area contributed by atoms with E-state index in [4.69, 9.17) is 9.84 Å². The molecule has 1 aliphatic heterocycles. The molecule has 1 fully saturated rings. The third kappa shape index (κ3) is 3.91. The van der Waals surface area contributed by atoms with E-state index in [2.05, 4.69) is 0 Å². The van der Waals surface area contributed by atoms with Gasteiger partial charge in [-0.1, -0.05) is 12.1 Å². The quantitative estimate of drug-likeness (QED) is 0.902. The summed E-state index contributed by atoms with van der Waals surface area (Å²) in [5, 5.41) is 9.06. The van der Waals surface area contributed by atoms with E-state index in [0.717, 1.165) is 16.9 Å². The molecule has 1 amide bonds. The molecule has 0 bridgehead atoms. The predicted molar refractivity (Wildman–Crippen MR) is 81.6 cm³/mol. The van der Waals surface area contributed by atoms with Gasteiger partial charge in [-0.15, -0.1) is 11.8 Å². The molecule has 2 rings (SSSR count). The molecule has 1 aliphatic rings. The Bertz CT molecular complexity index is 546. The van der Waals surface area contributed by atoms with Crippen LogP contribution >= 0.6 is 11.8 Å². The van der Waals surface area contributed by atoms with Gasteiger partial charge < -0.3 is 14.7 Å². The van der Waals surface area contributed by atoms with Gasteiger partial charge in [0.2, 0.25) is 5.91 Å². The number of aryl methyl sites for hydroxylation is 2. The third-order valence-corrected chi connectivity index (χ3v) is 4.42. The van der Waals surface area contributed by atoms with Crippen molar-refractivity contribution in [3.8, 4) is 5.75 Å². The van der Waals surface area contributed by atoms with Crippen molar-refractivity contribution in [2.45, 2.75) is 26.3 Å². The van der Waals surface area contributed by atoms with E-state index < -0.39 is 12.0 Å². The summed E-state index contributed by atoms with van der Waals surface area (Å²) in [4.78, 5) is 24.5. The molecule has 0 radical (unpaired) electrons. The van der Waals surface area contributed by atoms with Gasteiger partial charge in [0.15, 0.2) is 0 Å². The Kier molecular flexibility index (Phi) is 5.12. The minimum atomic E-state index is -0.941. The van der Waals surface area contributed by atoms with Crippen molar-refractivity contribution in [1.29, 1.82) is 0 Å². The number of carboxylic acids is 1. The largest absolute Gasteiger partial charge is 0.493 e. The van der Waals surface area contributed by atoms with Crippen LogP contribution in [-0.4, -0.2) is 46.2 Å². The van der Waals surface area contributed by atoms with E-state index in [1.54, 1.807) is 0 Å². The van der Waals surface area contributed by atoms with Crippen LogP contribution in [0.5, 0.6) is 5.75 Å². The number of carboxylic acid groups (broad SMARTS) is 1. The summed E-state index contributed by atoms with van der Waals surface area (Å²) in [7, 11) is 0. The van der Waals surface area contributed by atoms with Gasteiger partial charge in [-0.2, -0.15) is 0 Å². The number of aliphatic carboxylic acids is 1. The Labute approximate surface area is 128 Å². The molecular weight excluding hydrogens is 290 g/mol. The highest BCUT2D eigenvalue weighted by atomic mass is 32.2. The molecule has 1 heterocycles. The minimum absolute atomic E-state index is 0.169. The second kappa shape index (κ2) is 6.85. The zero-order valence-corrected chi connectivity index (χ0v) is 13.0. The molecule has 1 atom stereocenters. The van der Waals surface area contributed by atoms with Gasteiger partial charge in [-0.3, -0.25) is 4.79 Å². The lowest BCUT2D eigenvalue weighted by Gasteiger charge is -2.20. The molecule has 114 valence electrons. The summed E-state index contributed by atoms with van der Waals surface area (Å²) in [6.45, 7) is 4.20. The normalized spacial score (nSPS) is 17.8. The monoisotopic (exact) mass is 309 g/mol. The van der Waals surface area contributed by atoms with E-state index in [-0.39, 0.29) is 18.9 Å². The fraction of sp³-hybridized carbons (Fsp3) is 0.467. The number of amides is 1. The molecule has 0 spiro atoms. The van der Waals surface area contributed by atoms with Gasteiger partial charge in [0, 0.05) is 5.75 Å². The molecule has 21 heavy (non-hydrogen) atoms. The molecule has 1 N–H and O–H groups in total. The lowest BCUT2D eigenvalue weighted by atomic mass is 10.1. The molecule has 0 aliphatic carbocycles. The highest BCUT2D eigenvalue weighted by Gasteiger charge is 2.34. The van der Waals surface area contributed by atoms with Crippen LogP contribution in [0, 0.1) is 13.8 Å². The predicted octanol–water partition coefficient (Wildman–Crippen LogP) is 2.06. The smallest absolute Gasteiger partial charge is 0.327 e. The number of carbonyl (C=O) groups is 2. The molecule has 0 saturated carbocycles. The Morgan fingerprint density at radius 3 is 2.90 bits per heavy atom. The number of rotatable bonds is 5. The third-order valence-electron chi connectivity index (χ3n) is 3.40. The lowest BCUT2D eigenvalue weighted by molar-refractivity contribution is -0.147. The molecular formula is C15H19NO4S. The van der Waals surface area contributed by atoms with Crippen LogP contribution in [0.2, 0.25) is 0 Å². The van der Waals surface area contributed by atoms with Crippen LogP contribution < -0.4 is 4.74 Å². The minimum Gasteiger partial charge on any atom is -0.493 e. The number of hydrogen-bond acceptors (Lipinski definition) is 4. The van der Waals surface area contributed by atoms with Gasteiger partial charge in [0.25, 0.3) is 0 Å². The molecule has 1 unspecified atom stereocenters. The standard InChI is InChI=1S/C15H19NO4S/c1-10-3-4-11(2)13(7-10)20-6-5-14(17)16-9-21-8-12(16)15(18)19/h3-4,7,12H,5-6,8-9H2,1-2H3,(H,18,19). The maximum absolute atomic E-state index is 12.1. The van der Waals surface area contributed by atoms with Crippen molar-refractivity contribution in [3.63, 3.8) is 0 Å². The van der Waals surface area contributed by atoms with Gasteiger partial charge in [0.1, 0.15) is 11.8 Å². The molecule has 5 nitrogen and oxygen atoms in total. The molecule has 1 aromatic rings. The lowest BCUT2D eigenvalue weighted by Crippen LogP contribution is -2.42. The van der Waals surface area contributed by atoms with E-state index >= 15 is 0 Å². The van der Waals surface area contributed by atoms with Crippen molar-refractivity contribution in [2.24, 2.45) is 0 Å². The maximum Gasteiger partial charge on any atom is 0.327 e. The topological polar surface area (TPSA) is 66.8 Å². The van der Waals surface area contributed by atoms with E-state index in [9.17, 15) is 9.59 Å². The zero-order valence-electron chi connectivity index (χ0n) is 12.2. The van der Waals surface area contributed by atoms with Crippen LogP contribution in [0.4, 0.5) is 0 Å². The summed E-state index contributed by atoms with van der Waals surface area (Å²) in [6, 6.07) is 5.21. The fourth-order valence-corrected chi connectivity index (χ4v) is 3.32. The first-order valence-electron chi connectivity index (χ1n) is 6.79. The second-order valence-electron chi connectivity index (χ2n) is 5.08. The number of ether oxygens (including phenoxy) is 1. The zero-order chi connectivity index (χ0) is 15.4. The van der Waals surface area contributed by atoms with Crippen LogP contribution in [-0.2, 0) is 9.59 Å². The van der Waals surface area contributed by atoms with Gasteiger partial charge >= 0.3 is 5.97 Å². The van der Waals surface area contributed by atoms with Gasteiger partial charge in [0.05, 0.1) is 18.9 Å². The van der Waals surface area contributed by atoms with E-state index in [1.165, 1.54) is 16.7 Å². The summed E-state index contributed by atoms with van der Waals surface area (Å²) in [5.74, 6) is 0.563. The second-order valence-corrected chi connectivity index (χ2v) is 6.08. The Balaban J connectivity index is 1.87.